The summed E-state index contributed by atoms with van der Waals surface area (Å²) in [6.07, 6.45) is 57.5. The Balaban J connectivity index is 1.64. The molecule has 14 nitrogen and oxygen atoms in total. The molecule has 504 valence electrons. The molecule has 9 N–H and O–H groups in total. The topological polar surface area (TPSA) is 228 Å². The lowest BCUT2D eigenvalue weighted by molar-refractivity contribution is -0.359. The number of carbonyl (C=O) groups excluding carboxylic acids is 1. The van der Waals surface area contributed by atoms with Gasteiger partial charge in [-0.1, -0.05) is 287 Å². The number of aliphatic hydroxyl groups excluding tert-OH is 8. The van der Waals surface area contributed by atoms with Gasteiger partial charge in [-0.15, -0.1) is 0 Å². The maximum atomic E-state index is 13.3. The van der Waals surface area contributed by atoms with Gasteiger partial charge >= 0.3 is 0 Å². The molecule has 1 amide bonds. The van der Waals surface area contributed by atoms with E-state index in [9.17, 15) is 45.6 Å². The molecule has 0 aromatic rings. The molecule has 2 saturated heterocycles. The molecule has 2 aliphatic heterocycles. The van der Waals surface area contributed by atoms with Crippen LogP contribution in [-0.2, 0) is 23.7 Å². The van der Waals surface area contributed by atoms with Gasteiger partial charge in [0, 0.05) is 6.42 Å². The molecule has 12 atom stereocenters. The molecule has 0 spiro atoms. The number of hydrogen-bond acceptors (Lipinski definition) is 13. The molecule has 0 bridgehead atoms. The third kappa shape index (κ3) is 40.6. The second-order valence-corrected chi connectivity index (χ2v) is 25.4. The Morgan fingerprint density at radius 1 is 0.419 bits per heavy atom. The van der Waals surface area contributed by atoms with Gasteiger partial charge in [-0.2, -0.15) is 0 Å². The van der Waals surface area contributed by atoms with E-state index in [2.05, 4.69) is 55.6 Å². The maximum Gasteiger partial charge on any atom is 0.220 e. The highest BCUT2D eigenvalue weighted by Crippen LogP contribution is 2.30. The van der Waals surface area contributed by atoms with E-state index in [1.165, 1.54) is 238 Å². The Morgan fingerprint density at radius 2 is 0.779 bits per heavy atom. The van der Waals surface area contributed by atoms with Crippen molar-refractivity contribution in [1.82, 2.24) is 5.32 Å². The fourth-order valence-corrected chi connectivity index (χ4v) is 11.8. The number of rotatable bonds is 59. The normalized spacial score (nSPS) is 23.7. The highest BCUT2D eigenvalue weighted by atomic mass is 16.7. The number of hydrogen-bond donors (Lipinski definition) is 9. The zero-order valence-electron chi connectivity index (χ0n) is 54.8. The average molecular weight is 1220 g/mol. The molecule has 0 saturated carbocycles. The maximum absolute atomic E-state index is 13.3. The second-order valence-electron chi connectivity index (χ2n) is 25.4. The van der Waals surface area contributed by atoms with Crippen LogP contribution >= 0.6 is 0 Å². The SMILES string of the molecule is CCCCCCC/C=C\C/C=C\CCCCCCCCCCCCCCCCCCCCCCCC(=O)NC(COC1OC(CO)C(OC2OC(CO)C(O)C(O)C2O)C(O)C1O)C(O)/C=C/CC/C=C/CCCCCCCCCCCCCCC. The van der Waals surface area contributed by atoms with Gasteiger partial charge in [-0.3, -0.25) is 4.79 Å². The summed E-state index contributed by atoms with van der Waals surface area (Å²) in [5, 5.41) is 87.4. The van der Waals surface area contributed by atoms with Crippen LogP contribution in [0.25, 0.3) is 0 Å². The molecule has 2 fully saturated rings. The smallest absolute Gasteiger partial charge is 0.220 e. The molecule has 0 radical (unpaired) electrons. The summed E-state index contributed by atoms with van der Waals surface area (Å²) in [4.78, 5) is 13.3. The Morgan fingerprint density at radius 3 is 1.21 bits per heavy atom. The van der Waals surface area contributed by atoms with Crippen molar-refractivity contribution < 1.29 is 64.6 Å². The van der Waals surface area contributed by atoms with Gasteiger partial charge in [0.1, 0.15) is 48.8 Å². The minimum atomic E-state index is -1.79. The lowest BCUT2D eigenvalue weighted by atomic mass is 9.97. The van der Waals surface area contributed by atoms with Gasteiger partial charge in [0.15, 0.2) is 12.6 Å². The summed E-state index contributed by atoms with van der Waals surface area (Å²) in [6, 6.07) is -0.931. The van der Waals surface area contributed by atoms with Gasteiger partial charge < -0.3 is 65.1 Å². The molecule has 12 unspecified atom stereocenters. The van der Waals surface area contributed by atoms with Gasteiger partial charge in [0.2, 0.25) is 5.91 Å². The van der Waals surface area contributed by atoms with Crippen molar-refractivity contribution in [2.75, 3.05) is 19.8 Å². The van der Waals surface area contributed by atoms with Gasteiger partial charge in [0.25, 0.3) is 0 Å². The number of allylic oxidation sites excluding steroid dienone is 7. The fourth-order valence-electron chi connectivity index (χ4n) is 11.8. The molecule has 0 aliphatic carbocycles. The zero-order chi connectivity index (χ0) is 62.3. The Bertz CT molecular complexity index is 1630. The van der Waals surface area contributed by atoms with Crippen LogP contribution in [0.5, 0.6) is 0 Å². The minimum Gasteiger partial charge on any atom is -0.394 e. The van der Waals surface area contributed by atoms with Crippen molar-refractivity contribution in [1.29, 1.82) is 0 Å². The fraction of sp³-hybridized carbons (Fsp3) is 0.875. The van der Waals surface area contributed by atoms with E-state index < -0.39 is 86.8 Å². The molecule has 0 aromatic heterocycles. The third-order valence-electron chi connectivity index (χ3n) is 17.5. The lowest BCUT2D eigenvalue weighted by Gasteiger charge is -2.46. The Labute approximate surface area is 524 Å². The van der Waals surface area contributed by atoms with Gasteiger partial charge in [-0.25, -0.2) is 0 Å². The van der Waals surface area contributed by atoms with Crippen molar-refractivity contribution in [3.8, 4) is 0 Å². The summed E-state index contributed by atoms with van der Waals surface area (Å²) in [5.74, 6) is -0.244. The van der Waals surface area contributed by atoms with Crippen molar-refractivity contribution in [2.45, 2.75) is 383 Å². The van der Waals surface area contributed by atoms with Crippen LogP contribution in [0.3, 0.4) is 0 Å². The molecule has 86 heavy (non-hydrogen) atoms. The molecule has 2 aliphatic rings. The van der Waals surface area contributed by atoms with E-state index in [1.807, 2.05) is 6.08 Å². The molecule has 2 heterocycles. The van der Waals surface area contributed by atoms with Crippen molar-refractivity contribution in [2.24, 2.45) is 0 Å². The van der Waals surface area contributed by atoms with E-state index in [-0.39, 0.29) is 18.9 Å². The van der Waals surface area contributed by atoms with Crippen molar-refractivity contribution in [3.63, 3.8) is 0 Å². The summed E-state index contributed by atoms with van der Waals surface area (Å²) < 4.78 is 22.8. The first-order chi connectivity index (χ1) is 42.1. The van der Waals surface area contributed by atoms with E-state index in [4.69, 9.17) is 18.9 Å². The highest BCUT2D eigenvalue weighted by Gasteiger charge is 2.51. The predicted molar refractivity (Wildman–Crippen MR) is 351 cm³/mol. The summed E-state index contributed by atoms with van der Waals surface area (Å²) in [7, 11) is 0. The number of ether oxygens (including phenoxy) is 4. The summed E-state index contributed by atoms with van der Waals surface area (Å²) in [6.45, 7) is 2.81. The summed E-state index contributed by atoms with van der Waals surface area (Å²) in [5.41, 5.74) is 0. The van der Waals surface area contributed by atoms with Crippen LogP contribution in [0.1, 0.15) is 309 Å². The van der Waals surface area contributed by atoms with Crippen molar-refractivity contribution >= 4 is 5.91 Å². The zero-order valence-corrected chi connectivity index (χ0v) is 54.8. The second kappa shape index (κ2) is 56.9. The predicted octanol–water partition coefficient (Wildman–Crippen LogP) is 14.7. The number of amides is 1. The number of unbranched alkanes of at least 4 members (excludes halogenated alkanes) is 40. The van der Waals surface area contributed by atoms with Gasteiger partial charge in [-0.05, 0) is 64.2 Å². The van der Waals surface area contributed by atoms with Crippen molar-refractivity contribution in [3.05, 3.63) is 48.6 Å². The van der Waals surface area contributed by atoms with Crippen LogP contribution < -0.4 is 5.32 Å². The Kier molecular flexibility index (Phi) is 53.0. The highest BCUT2D eigenvalue weighted by molar-refractivity contribution is 5.76. The number of aliphatic hydroxyl groups is 8. The molecule has 0 aromatic carbocycles. The Hall–Kier alpha value is -2.05. The monoisotopic (exact) mass is 1220 g/mol. The average Bonchev–Trinajstić information content (AvgIpc) is 2.63. The first-order valence-electron chi connectivity index (χ1n) is 35.9. The largest absolute Gasteiger partial charge is 0.394 e. The molecule has 14 heteroatoms. The van der Waals surface area contributed by atoms with E-state index in [1.54, 1.807) is 6.08 Å². The van der Waals surface area contributed by atoms with Crippen LogP contribution in [0, 0.1) is 0 Å². The minimum absolute atomic E-state index is 0.244. The van der Waals surface area contributed by atoms with Crippen LogP contribution in [0.2, 0.25) is 0 Å². The van der Waals surface area contributed by atoms with Gasteiger partial charge in [0.05, 0.1) is 32.0 Å². The number of nitrogens with one attached hydrogen (secondary N) is 1. The summed E-state index contributed by atoms with van der Waals surface area (Å²) >= 11 is 0. The number of carbonyl (C=O) groups is 1. The van der Waals surface area contributed by atoms with Crippen LogP contribution in [-0.4, -0.2) is 140 Å². The van der Waals surface area contributed by atoms with Crippen LogP contribution in [0.15, 0.2) is 48.6 Å². The first kappa shape index (κ1) is 80.0. The standard InChI is InChI=1S/C72H133NO13/c1-3-5-7-9-11-13-15-17-19-21-23-24-25-26-27-28-29-30-31-32-33-34-35-36-38-40-42-44-46-48-50-52-54-56-64(77)73-60(61(76)55-53-51-49-47-45-43-41-39-37-22-20-18-16-14-12-10-8-6-4-2)59-83-71-69(82)67(80)70(63(58-75)85-71)86-72-68(81)66(79)65(78)62(57-74)84-72/h15,17,21,23,45,47,53,55,60-63,65-72,74-76,78-82H,3-14,16,18-20,22,24-44,46,48-52,54,56-59H2,1-2H3,(H,73,77)/b17-15-,23-21-,47-45+,55-53+. The quantitative estimate of drug-likeness (QED) is 0.0204. The molecule has 2 rings (SSSR count). The molecular weight excluding hydrogens is 1090 g/mol. The van der Waals surface area contributed by atoms with E-state index in [0.717, 1.165) is 38.5 Å². The first-order valence-corrected chi connectivity index (χ1v) is 35.9. The van der Waals surface area contributed by atoms with Crippen LogP contribution in [0.4, 0.5) is 0 Å². The van der Waals surface area contributed by atoms with E-state index in [0.29, 0.717) is 12.8 Å². The lowest BCUT2D eigenvalue weighted by Crippen LogP contribution is -2.65. The third-order valence-corrected chi connectivity index (χ3v) is 17.5. The molecular formula is C72H133NO13. The van der Waals surface area contributed by atoms with E-state index >= 15 is 0 Å².